The fraction of sp³-hybridized carbons (Fsp3) is 0.900. The van der Waals surface area contributed by atoms with E-state index in [0.717, 1.165) is 25.1 Å². The quantitative estimate of drug-likeness (QED) is 0.795. The number of hydrogen-bond acceptors (Lipinski definition) is 3. The van der Waals surface area contributed by atoms with Crippen LogP contribution in [0.1, 0.15) is 26.2 Å². The van der Waals surface area contributed by atoms with Crippen molar-refractivity contribution in [2.24, 2.45) is 0 Å². The Balaban J connectivity index is 0.00000196. The maximum Gasteiger partial charge on any atom is 0.221 e. The number of hydrogen-bond donors (Lipinski definition) is 2. The van der Waals surface area contributed by atoms with E-state index in [1.807, 2.05) is 6.26 Å². The lowest BCUT2D eigenvalue weighted by atomic mass is 10.0. The molecule has 1 fully saturated rings. The van der Waals surface area contributed by atoms with E-state index in [0.29, 0.717) is 18.5 Å². The van der Waals surface area contributed by atoms with Crippen LogP contribution in [0.15, 0.2) is 0 Å². The minimum atomic E-state index is 0. The summed E-state index contributed by atoms with van der Waals surface area (Å²) in [5, 5.41) is 6.46. The van der Waals surface area contributed by atoms with Gasteiger partial charge in [-0.2, -0.15) is 11.8 Å². The first kappa shape index (κ1) is 15.1. The fourth-order valence-electron chi connectivity index (χ4n) is 1.76. The van der Waals surface area contributed by atoms with Gasteiger partial charge >= 0.3 is 0 Å². The standard InChI is InChI=1S/C10H20N2OS.ClH/c1-8-7-9(3-5-11-8)12-10(13)4-6-14-2;/h8-9,11H,3-7H2,1-2H3,(H,12,13);1H. The van der Waals surface area contributed by atoms with Gasteiger partial charge in [0, 0.05) is 24.3 Å². The number of halogens is 1. The van der Waals surface area contributed by atoms with Gasteiger partial charge in [0.15, 0.2) is 0 Å². The molecule has 0 bridgehead atoms. The first-order chi connectivity index (χ1) is 6.72. The molecule has 1 amide bonds. The van der Waals surface area contributed by atoms with Crippen molar-refractivity contribution in [2.45, 2.75) is 38.3 Å². The maximum atomic E-state index is 11.4. The van der Waals surface area contributed by atoms with Crippen LogP contribution in [-0.2, 0) is 4.79 Å². The summed E-state index contributed by atoms with van der Waals surface area (Å²) in [7, 11) is 0. The van der Waals surface area contributed by atoms with Gasteiger partial charge in [0.25, 0.3) is 0 Å². The Hall–Kier alpha value is 0.0700. The second kappa shape index (κ2) is 8.25. The van der Waals surface area contributed by atoms with Gasteiger partial charge in [0.1, 0.15) is 0 Å². The van der Waals surface area contributed by atoms with Gasteiger partial charge in [0.05, 0.1) is 0 Å². The molecule has 0 aliphatic carbocycles. The summed E-state index contributed by atoms with van der Waals surface area (Å²) >= 11 is 1.72. The highest BCUT2D eigenvalue weighted by molar-refractivity contribution is 7.98. The summed E-state index contributed by atoms with van der Waals surface area (Å²) in [5.74, 6) is 1.13. The van der Waals surface area contributed by atoms with Crippen LogP contribution in [0.2, 0.25) is 0 Å². The zero-order valence-electron chi connectivity index (χ0n) is 9.41. The van der Waals surface area contributed by atoms with Crippen molar-refractivity contribution >= 4 is 30.1 Å². The summed E-state index contributed by atoms with van der Waals surface area (Å²) < 4.78 is 0. The van der Waals surface area contributed by atoms with E-state index in [-0.39, 0.29) is 18.3 Å². The van der Waals surface area contributed by atoms with E-state index in [9.17, 15) is 4.79 Å². The van der Waals surface area contributed by atoms with Crippen LogP contribution in [0, 0.1) is 0 Å². The lowest BCUT2D eigenvalue weighted by Gasteiger charge is -2.28. The topological polar surface area (TPSA) is 41.1 Å². The number of rotatable bonds is 4. The molecular formula is C10H21ClN2OS. The first-order valence-electron chi connectivity index (χ1n) is 5.24. The van der Waals surface area contributed by atoms with Crippen molar-refractivity contribution in [3.8, 4) is 0 Å². The van der Waals surface area contributed by atoms with Gasteiger partial charge in [-0.05, 0) is 32.6 Å². The molecular weight excluding hydrogens is 232 g/mol. The number of amides is 1. The Morgan fingerprint density at radius 3 is 2.93 bits per heavy atom. The monoisotopic (exact) mass is 252 g/mol. The van der Waals surface area contributed by atoms with Crippen LogP contribution in [0.5, 0.6) is 0 Å². The molecule has 1 aliphatic heterocycles. The summed E-state index contributed by atoms with van der Waals surface area (Å²) in [6.07, 6.45) is 4.81. The second-order valence-corrected chi connectivity index (χ2v) is 4.87. The molecule has 0 radical (unpaired) electrons. The number of carbonyl (C=O) groups excluding carboxylic acids is 1. The van der Waals surface area contributed by atoms with E-state index in [2.05, 4.69) is 17.6 Å². The maximum absolute atomic E-state index is 11.4. The molecule has 0 aromatic heterocycles. The zero-order chi connectivity index (χ0) is 10.4. The van der Waals surface area contributed by atoms with Gasteiger partial charge in [-0.15, -0.1) is 12.4 Å². The van der Waals surface area contributed by atoms with E-state index in [1.165, 1.54) is 0 Å². The molecule has 2 unspecified atom stereocenters. The average Bonchev–Trinajstić information content (AvgIpc) is 2.15. The highest BCUT2D eigenvalue weighted by Crippen LogP contribution is 2.08. The third-order valence-electron chi connectivity index (χ3n) is 2.52. The highest BCUT2D eigenvalue weighted by Gasteiger charge is 2.19. The molecule has 1 rings (SSSR count). The summed E-state index contributed by atoms with van der Waals surface area (Å²) in [6.45, 7) is 3.19. The Morgan fingerprint density at radius 1 is 1.60 bits per heavy atom. The van der Waals surface area contributed by atoms with Crippen LogP contribution in [0.4, 0.5) is 0 Å². The lowest BCUT2D eigenvalue weighted by Crippen LogP contribution is -2.46. The van der Waals surface area contributed by atoms with Crippen molar-refractivity contribution in [2.75, 3.05) is 18.6 Å². The van der Waals surface area contributed by atoms with Crippen LogP contribution in [-0.4, -0.2) is 36.5 Å². The molecule has 0 aromatic rings. The Morgan fingerprint density at radius 2 is 2.33 bits per heavy atom. The predicted octanol–water partition coefficient (Wildman–Crippen LogP) is 1.42. The van der Waals surface area contributed by atoms with E-state index < -0.39 is 0 Å². The Labute approximate surface area is 103 Å². The van der Waals surface area contributed by atoms with Crippen LogP contribution < -0.4 is 10.6 Å². The van der Waals surface area contributed by atoms with Gasteiger partial charge in [0.2, 0.25) is 5.91 Å². The van der Waals surface area contributed by atoms with Crippen LogP contribution >= 0.6 is 24.2 Å². The fourth-order valence-corrected chi connectivity index (χ4v) is 2.15. The van der Waals surface area contributed by atoms with E-state index in [1.54, 1.807) is 11.8 Å². The Bertz CT molecular complexity index is 192. The first-order valence-corrected chi connectivity index (χ1v) is 6.63. The largest absolute Gasteiger partial charge is 0.353 e. The molecule has 1 aliphatic rings. The number of carbonyl (C=O) groups is 1. The van der Waals surface area contributed by atoms with Gasteiger partial charge in [-0.3, -0.25) is 4.79 Å². The smallest absolute Gasteiger partial charge is 0.221 e. The molecule has 5 heteroatoms. The highest BCUT2D eigenvalue weighted by atomic mass is 35.5. The van der Waals surface area contributed by atoms with Gasteiger partial charge < -0.3 is 10.6 Å². The summed E-state index contributed by atoms with van der Waals surface area (Å²) in [5.41, 5.74) is 0. The Kier molecular flexibility index (Phi) is 8.29. The molecule has 3 nitrogen and oxygen atoms in total. The molecule has 0 spiro atoms. The van der Waals surface area contributed by atoms with Crippen LogP contribution in [0.25, 0.3) is 0 Å². The normalized spacial score (nSPS) is 25.5. The van der Waals surface area contributed by atoms with Crippen molar-refractivity contribution < 1.29 is 4.79 Å². The molecule has 1 saturated heterocycles. The third-order valence-corrected chi connectivity index (χ3v) is 3.13. The van der Waals surface area contributed by atoms with Crippen molar-refractivity contribution in [3.63, 3.8) is 0 Å². The molecule has 1 heterocycles. The summed E-state index contributed by atoms with van der Waals surface area (Å²) in [6, 6.07) is 0.926. The van der Waals surface area contributed by atoms with Crippen molar-refractivity contribution in [1.29, 1.82) is 0 Å². The molecule has 2 atom stereocenters. The summed E-state index contributed by atoms with van der Waals surface area (Å²) in [4.78, 5) is 11.4. The molecule has 0 saturated carbocycles. The predicted molar refractivity (Wildman–Crippen MR) is 68.9 cm³/mol. The van der Waals surface area contributed by atoms with Crippen LogP contribution in [0.3, 0.4) is 0 Å². The number of piperidine rings is 1. The van der Waals surface area contributed by atoms with Crippen molar-refractivity contribution in [3.05, 3.63) is 0 Å². The molecule has 0 aromatic carbocycles. The molecule has 90 valence electrons. The second-order valence-electron chi connectivity index (χ2n) is 3.89. The van der Waals surface area contributed by atoms with Gasteiger partial charge in [-0.25, -0.2) is 0 Å². The third kappa shape index (κ3) is 6.28. The minimum Gasteiger partial charge on any atom is -0.353 e. The van der Waals surface area contributed by atoms with E-state index >= 15 is 0 Å². The number of thioether (sulfide) groups is 1. The molecule has 15 heavy (non-hydrogen) atoms. The van der Waals surface area contributed by atoms with Gasteiger partial charge in [-0.1, -0.05) is 0 Å². The van der Waals surface area contributed by atoms with E-state index in [4.69, 9.17) is 0 Å². The average molecular weight is 253 g/mol. The zero-order valence-corrected chi connectivity index (χ0v) is 11.0. The lowest BCUT2D eigenvalue weighted by molar-refractivity contribution is -0.121. The minimum absolute atomic E-state index is 0. The SMILES string of the molecule is CSCCC(=O)NC1CCNC(C)C1.Cl. The number of nitrogens with one attached hydrogen (secondary N) is 2. The van der Waals surface area contributed by atoms with Crippen molar-refractivity contribution in [1.82, 2.24) is 10.6 Å². The molecule has 2 N–H and O–H groups in total.